The summed E-state index contributed by atoms with van der Waals surface area (Å²) in [4.78, 5) is 17.9. The summed E-state index contributed by atoms with van der Waals surface area (Å²) in [6, 6.07) is 10.2. The van der Waals surface area contributed by atoms with Crippen LogP contribution in [0.25, 0.3) is 0 Å². The number of hydrogen-bond donors (Lipinski definition) is 1. The second kappa shape index (κ2) is 7.59. The number of nitrogens with one attached hydrogen (secondary N) is 1. The number of fused-ring (bicyclic) bond motifs is 3. The van der Waals surface area contributed by atoms with E-state index in [1.807, 2.05) is 0 Å². The van der Waals surface area contributed by atoms with Gasteiger partial charge in [0.05, 0.1) is 0 Å². The minimum Gasteiger partial charge on any atom is -0.385 e. The molecule has 1 aromatic rings. The van der Waals surface area contributed by atoms with E-state index in [1.54, 1.807) is 0 Å². The molecule has 0 spiro atoms. The maximum Gasteiger partial charge on any atom is 0.223 e. The topological polar surface area (TPSA) is 35.6 Å². The molecule has 1 amide bonds. The molecule has 2 heterocycles. The average molecular weight is 356 g/mol. The van der Waals surface area contributed by atoms with E-state index in [0.717, 1.165) is 26.1 Å². The zero-order valence-corrected chi connectivity index (χ0v) is 16.3. The highest BCUT2D eigenvalue weighted by molar-refractivity contribution is 5.77. The zero-order valence-electron chi connectivity index (χ0n) is 16.3. The standard InChI is InChI=1S/C22H33N3O/c1-16(2)25-19-9-10-20(25)15-24(22(26)13-17-7-8-17)14-18-5-3-4-6-21(18)23-12-11-19/h3-6,16-17,19-20,23H,7-15H2,1-2H3/t19-,20+/m1/s1. The van der Waals surface area contributed by atoms with Crippen LogP contribution in [0.4, 0.5) is 5.69 Å². The molecule has 0 aromatic heterocycles. The van der Waals surface area contributed by atoms with E-state index in [1.165, 1.54) is 43.4 Å². The van der Waals surface area contributed by atoms with Crippen LogP contribution in [0.5, 0.6) is 0 Å². The van der Waals surface area contributed by atoms with Gasteiger partial charge in [-0.1, -0.05) is 18.2 Å². The Bertz CT molecular complexity index is 640. The van der Waals surface area contributed by atoms with Crippen molar-refractivity contribution < 1.29 is 4.79 Å². The fourth-order valence-electron chi connectivity index (χ4n) is 4.92. The van der Waals surface area contributed by atoms with Crippen LogP contribution in [-0.2, 0) is 11.3 Å². The van der Waals surface area contributed by atoms with Crippen molar-refractivity contribution in [2.75, 3.05) is 18.4 Å². The highest BCUT2D eigenvalue weighted by Gasteiger charge is 2.37. The molecule has 2 bridgehead atoms. The van der Waals surface area contributed by atoms with Gasteiger partial charge in [-0.05, 0) is 63.5 Å². The Kier molecular flexibility index (Phi) is 5.21. The molecule has 0 unspecified atom stereocenters. The van der Waals surface area contributed by atoms with Gasteiger partial charge < -0.3 is 10.2 Å². The fraction of sp³-hybridized carbons (Fsp3) is 0.682. The highest BCUT2D eigenvalue weighted by Crippen LogP contribution is 2.35. The van der Waals surface area contributed by atoms with Crippen LogP contribution in [0.2, 0.25) is 0 Å². The normalized spacial score (nSPS) is 27.0. The molecule has 3 aliphatic rings. The molecule has 1 aromatic carbocycles. The number of amides is 1. The van der Waals surface area contributed by atoms with Gasteiger partial charge in [-0.25, -0.2) is 0 Å². The number of para-hydroxylation sites is 1. The van der Waals surface area contributed by atoms with Gasteiger partial charge in [0.25, 0.3) is 0 Å². The number of hydrogen-bond acceptors (Lipinski definition) is 3. The predicted molar refractivity (Wildman–Crippen MR) is 106 cm³/mol. The van der Waals surface area contributed by atoms with E-state index < -0.39 is 0 Å². The Hall–Kier alpha value is -1.55. The first-order valence-electron chi connectivity index (χ1n) is 10.5. The van der Waals surface area contributed by atoms with E-state index in [9.17, 15) is 4.79 Å². The lowest BCUT2D eigenvalue weighted by atomic mass is 10.1. The minimum absolute atomic E-state index is 0.355. The first kappa shape index (κ1) is 17.8. The smallest absolute Gasteiger partial charge is 0.223 e. The summed E-state index contributed by atoms with van der Waals surface area (Å²) in [5.41, 5.74) is 2.45. The Morgan fingerprint density at radius 1 is 1.12 bits per heavy atom. The lowest BCUT2D eigenvalue weighted by Crippen LogP contribution is -2.48. The molecule has 1 saturated carbocycles. The first-order valence-corrected chi connectivity index (χ1v) is 10.5. The third kappa shape index (κ3) is 3.90. The van der Waals surface area contributed by atoms with Crippen molar-refractivity contribution in [3.8, 4) is 0 Å². The molecule has 2 fully saturated rings. The van der Waals surface area contributed by atoms with Crippen molar-refractivity contribution >= 4 is 11.6 Å². The lowest BCUT2D eigenvalue weighted by Gasteiger charge is -2.36. The fourth-order valence-corrected chi connectivity index (χ4v) is 4.92. The molecule has 4 heteroatoms. The molecule has 1 saturated heterocycles. The van der Waals surface area contributed by atoms with Gasteiger partial charge in [0, 0.05) is 49.9 Å². The number of benzene rings is 1. The van der Waals surface area contributed by atoms with Crippen molar-refractivity contribution in [2.24, 2.45) is 5.92 Å². The van der Waals surface area contributed by atoms with Gasteiger partial charge in [0.1, 0.15) is 0 Å². The van der Waals surface area contributed by atoms with E-state index in [0.29, 0.717) is 30.0 Å². The van der Waals surface area contributed by atoms with E-state index in [4.69, 9.17) is 0 Å². The minimum atomic E-state index is 0.355. The summed E-state index contributed by atoms with van der Waals surface area (Å²) in [5, 5.41) is 3.65. The highest BCUT2D eigenvalue weighted by atomic mass is 16.2. The quantitative estimate of drug-likeness (QED) is 0.894. The number of carbonyl (C=O) groups excluding carboxylic acids is 1. The van der Waals surface area contributed by atoms with Crippen LogP contribution in [0.15, 0.2) is 24.3 Å². The van der Waals surface area contributed by atoms with Gasteiger partial charge in [-0.2, -0.15) is 0 Å². The number of carbonyl (C=O) groups is 1. The SMILES string of the molecule is CC(C)N1[C@H]2CCNc3ccccc3CN(C(=O)CC3CC3)C[C@@H]1CC2. The Balaban J connectivity index is 1.61. The molecule has 1 N–H and O–H groups in total. The summed E-state index contributed by atoms with van der Waals surface area (Å²) in [6.45, 7) is 7.25. The van der Waals surface area contributed by atoms with Gasteiger partial charge >= 0.3 is 0 Å². The largest absolute Gasteiger partial charge is 0.385 e. The van der Waals surface area contributed by atoms with E-state index in [2.05, 4.69) is 53.2 Å². The molecule has 4 nitrogen and oxygen atoms in total. The van der Waals surface area contributed by atoms with Gasteiger partial charge in [-0.15, -0.1) is 0 Å². The van der Waals surface area contributed by atoms with Crippen molar-refractivity contribution in [1.82, 2.24) is 9.80 Å². The number of anilines is 1. The summed E-state index contributed by atoms with van der Waals surface area (Å²) in [7, 11) is 0. The molecule has 26 heavy (non-hydrogen) atoms. The predicted octanol–water partition coefficient (Wildman–Crippen LogP) is 3.87. The number of rotatable bonds is 3. The van der Waals surface area contributed by atoms with Crippen LogP contribution in [0, 0.1) is 5.92 Å². The molecular formula is C22H33N3O. The van der Waals surface area contributed by atoms with Gasteiger partial charge in [-0.3, -0.25) is 9.69 Å². The van der Waals surface area contributed by atoms with Crippen LogP contribution in [0.3, 0.4) is 0 Å². The van der Waals surface area contributed by atoms with Gasteiger partial charge in [0.2, 0.25) is 5.91 Å². The van der Waals surface area contributed by atoms with Crippen LogP contribution < -0.4 is 5.32 Å². The second-order valence-corrected chi connectivity index (χ2v) is 8.72. The molecular weight excluding hydrogens is 322 g/mol. The number of nitrogens with zero attached hydrogens (tertiary/aromatic N) is 2. The second-order valence-electron chi connectivity index (χ2n) is 8.72. The lowest BCUT2D eigenvalue weighted by molar-refractivity contribution is -0.133. The summed E-state index contributed by atoms with van der Waals surface area (Å²) in [5.74, 6) is 1.00. The monoisotopic (exact) mass is 355 g/mol. The van der Waals surface area contributed by atoms with Crippen molar-refractivity contribution in [1.29, 1.82) is 0 Å². The molecule has 2 aliphatic heterocycles. The molecule has 1 aliphatic carbocycles. The summed E-state index contributed by atoms with van der Waals surface area (Å²) in [6.07, 6.45) is 6.88. The summed E-state index contributed by atoms with van der Waals surface area (Å²) >= 11 is 0. The molecule has 4 rings (SSSR count). The summed E-state index contributed by atoms with van der Waals surface area (Å²) < 4.78 is 0. The van der Waals surface area contributed by atoms with Crippen LogP contribution >= 0.6 is 0 Å². The Morgan fingerprint density at radius 3 is 2.65 bits per heavy atom. The molecule has 2 atom stereocenters. The maximum atomic E-state index is 13.0. The van der Waals surface area contributed by atoms with Crippen molar-refractivity contribution in [2.45, 2.75) is 77.0 Å². The Morgan fingerprint density at radius 2 is 1.88 bits per heavy atom. The first-order chi connectivity index (χ1) is 12.6. The van der Waals surface area contributed by atoms with E-state index >= 15 is 0 Å². The molecule has 142 valence electrons. The zero-order chi connectivity index (χ0) is 18.1. The third-order valence-electron chi connectivity index (χ3n) is 6.39. The van der Waals surface area contributed by atoms with Crippen molar-refractivity contribution in [3.05, 3.63) is 29.8 Å². The van der Waals surface area contributed by atoms with Crippen molar-refractivity contribution in [3.63, 3.8) is 0 Å². The van der Waals surface area contributed by atoms with Gasteiger partial charge in [0.15, 0.2) is 0 Å². The Labute approximate surface area is 157 Å². The van der Waals surface area contributed by atoms with E-state index in [-0.39, 0.29) is 0 Å². The third-order valence-corrected chi connectivity index (χ3v) is 6.39. The van der Waals surface area contributed by atoms with Crippen LogP contribution in [-0.4, -0.2) is 46.9 Å². The van der Waals surface area contributed by atoms with Crippen LogP contribution in [0.1, 0.15) is 57.9 Å². The average Bonchev–Trinajstić information content (AvgIpc) is 3.33. The maximum absolute atomic E-state index is 13.0. The molecule has 0 radical (unpaired) electrons.